The lowest BCUT2D eigenvalue weighted by molar-refractivity contribution is 0.244. The van der Waals surface area contributed by atoms with E-state index in [4.69, 9.17) is 14.2 Å². The monoisotopic (exact) mass is 486 g/mol. The zero-order chi connectivity index (χ0) is 15.3. The Bertz CT molecular complexity index is 360. The van der Waals surface area contributed by atoms with Crippen LogP contribution in [-0.4, -0.2) is 35.8 Å². The van der Waals surface area contributed by atoms with Crippen LogP contribution in [0.15, 0.2) is 18.2 Å². The summed E-state index contributed by atoms with van der Waals surface area (Å²) in [6, 6.07) is 5.79. The van der Waals surface area contributed by atoms with Gasteiger partial charge in [-0.1, -0.05) is 53.9 Å². The van der Waals surface area contributed by atoms with Gasteiger partial charge in [0.2, 0.25) is 5.75 Å². The fraction of sp³-hybridized carbons (Fsp3) is 0.600. The summed E-state index contributed by atoms with van der Waals surface area (Å²) in [5, 5.41) is 2.77. The van der Waals surface area contributed by atoms with Crippen LogP contribution in [0, 0.1) is 0 Å². The largest absolute Gasteiger partial charge is 0.490 e. The van der Waals surface area contributed by atoms with Gasteiger partial charge in [0, 0.05) is 16.0 Å². The number of hydrogen-bond acceptors (Lipinski definition) is 3. The van der Waals surface area contributed by atoms with Gasteiger partial charge in [-0.05, 0) is 31.4 Å². The van der Waals surface area contributed by atoms with Gasteiger partial charge >= 0.3 is 0 Å². The summed E-state index contributed by atoms with van der Waals surface area (Å²) in [5.41, 5.74) is 0. The fourth-order valence-corrected chi connectivity index (χ4v) is 2.25. The molecule has 120 valence electrons. The van der Waals surface area contributed by atoms with Crippen molar-refractivity contribution < 1.29 is 14.2 Å². The molecule has 0 bridgehead atoms. The Kier molecular flexibility index (Phi) is 11.5. The molecule has 0 atom stereocenters. The molecule has 1 aromatic rings. The normalized spacial score (nSPS) is 10.4. The number of halogens is 3. The molecule has 3 nitrogen and oxygen atoms in total. The van der Waals surface area contributed by atoms with Gasteiger partial charge in [0.25, 0.3) is 0 Å². The van der Waals surface area contributed by atoms with Crippen molar-refractivity contribution in [1.29, 1.82) is 0 Å². The molecule has 0 saturated heterocycles. The Morgan fingerprint density at radius 2 is 1.10 bits per heavy atom. The van der Waals surface area contributed by atoms with E-state index in [1.54, 1.807) is 0 Å². The van der Waals surface area contributed by atoms with Crippen LogP contribution in [-0.2, 0) is 0 Å². The van der Waals surface area contributed by atoms with E-state index in [0.717, 1.165) is 46.8 Å². The number of ether oxygens (including phenoxy) is 3. The Hall–Kier alpha value is 0.0600. The van der Waals surface area contributed by atoms with E-state index in [1.807, 2.05) is 18.2 Å². The van der Waals surface area contributed by atoms with Crippen molar-refractivity contribution in [2.24, 2.45) is 0 Å². The Morgan fingerprint density at radius 1 is 0.667 bits per heavy atom. The summed E-state index contributed by atoms with van der Waals surface area (Å²) in [4.78, 5) is 0. The summed E-state index contributed by atoms with van der Waals surface area (Å²) in [6.07, 6.45) is 2.85. The van der Waals surface area contributed by atoms with Crippen LogP contribution in [0.1, 0.15) is 19.3 Å². The fourth-order valence-electron chi connectivity index (χ4n) is 1.57. The lowest BCUT2D eigenvalue weighted by Crippen LogP contribution is -2.06. The van der Waals surface area contributed by atoms with E-state index in [1.165, 1.54) is 0 Å². The number of para-hydroxylation sites is 1. The van der Waals surface area contributed by atoms with Crippen molar-refractivity contribution in [3.8, 4) is 17.2 Å². The van der Waals surface area contributed by atoms with E-state index in [9.17, 15) is 0 Å². The van der Waals surface area contributed by atoms with E-state index in [0.29, 0.717) is 25.6 Å². The second-order valence-electron chi connectivity index (χ2n) is 4.26. The third-order valence-electron chi connectivity index (χ3n) is 2.54. The molecule has 0 spiro atoms. The van der Waals surface area contributed by atoms with Gasteiger partial charge in [0.05, 0.1) is 19.8 Å². The van der Waals surface area contributed by atoms with E-state index in [2.05, 4.69) is 47.8 Å². The summed E-state index contributed by atoms with van der Waals surface area (Å²) in [6.45, 7) is 1.95. The number of rotatable bonds is 12. The third-order valence-corrected chi connectivity index (χ3v) is 4.22. The van der Waals surface area contributed by atoms with Crippen LogP contribution in [0.25, 0.3) is 0 Å². The van der Waals surface area contributed by atoms with Gasteiger partial charge in [-0.2, -0.15) is 0 Å². The van der Waals surface area contributed by atoms with Gasteiger partial charge < -0.3 is 14.2 Å². The zero-order valence-corrected chi connectivity index (χ0v) is 16.7. The van der Waals surface area contributed by atoms with Crippen molar-refractivity contribution in [1.82, 2.24) is 0 Å². The molecular formula is C15H21Br3O3. The maximum absolute atomic E-state index is 5.87. The smallest absolute Gasteiger partial charge is 0.203 e. The van der Waals surface area contributed by atoms with Crippen LogP contribution < -0.4 is 14.2 Å². The second-order valence-corrected chi connectivity index (χ2v) is 6.64. The molecule has 1 rings (SSSR count). The lowest BCUT2D eigenvalue weighted by atomic mass is 10.3. The minimum absolute atomic E-state index is 0.638. The van der Waals surface area contributed by atoms with E-state index >= 15 is 0 Å². The van der Waals surface area contributed by atoms with Crippen molar-refractivity contribution >= 4 is 47.8 Å². The summed E-state index contributed by atoms with van der Waals surface area (Å²) in [5.74, 6) is 2.21. The first-order chi connectivity index (χ1) is 10.3. The minimum Gasteiger partial charge on any atom is -0.490 e. The molecule has 0 aliphatic rings. The van der Waals surface area contributed by atoms with Gasteiger partial charge in [-0.15, -0.1) is 0 Å². The molecule has 0 fully saturated rings. The quantitative estimate of drug-likeness (QED) is 0.300. The topological polar surface area (TPSA) is 27.7 Å². The predicted octanol–water partition coefficient (Wildman–Crippen LogP) is 5.18. The Morgan fingerprint density at radius 3 is 1.52 bits per heavy atom. The maximum Gasteiger partial charge on any atom is 0.203 e. The van der Waals surface area contributed by atoms with Gasteiger partial charge in [-0.25, -0.2) is 0 Å². The van der Waals surface area contributed by atoms with Crippen molar-refractivity contribution in [3.63, 3.8) is 0 Å². The molecule has 0 amide bonds. The average molecular weight is 489 g/mol. The molecule has 6 heteroatoms. The SMILES string of the molecule is BrCCCOc1cccc(OCCCBr)c1OCCCBr. The molecule has 0 radical (unpaired) electrons. The molecular weight excluding hydrogens is 468 g/mol. The summed E-state index contributed by atoms with van der Waals surface area (Å²) < 4.78 is 17.5. The highest BCUT2D eigenvalue weighted by Gasteiger charge is 2.12. The molecule has 0 N–H and O–H groups in total. The first-order valence-corrected chi connectivity index (χ1v) is 10.4. The third kappa shape index (κ3) is 7.75. The number of benzene rings is 1. The molecule has 0 aliphatic heterocycles. The average Bonchev–Trinajstić information content (AvgIpc) is 2.50. The van der Waals surface area contributed by atoms with Crippen LogP contribution in [0.3, 0.4) is 0 Å². The minimum atomic E-state index is 0.638. The summed E-state index contributed by atoms with van der Waals surface area (Å²) in [7, 11) is 0. The highest BCUT2D eigenvalue weighted by atomic mass is 79.9. The van der Waals surface area contributed by atoms with Crippen molar-refractivity contribution in [2.45, 2.75) is 19.3 Å². The highest BCUT2D eigenvalue weighted by Crippen LogP contribution is 2.37. The molecule has 0 saturated carbocycles. The predicted molar refractivity (Wildman–Crippen MR) is 98.2 cm³/mol. The molecule has 0 heterocycles. The van der Waals surface area contributed by atoms with Crippen LogP contribution in [0.4, 0.5) is 0 Å². The standard InChI is InChI=1S/C15H21Br3O3/c16-7-2-10-19-13-5-1-6-14(20-11-3-8-17)15(13)21-12-4-9-18/h1,5-6H,2-4,7-12H2. The van der Waals surface area contributed by atoms with Crippen LogP contribution in [0.2, 0.25) is 0 Å². The van der Waals surface area contributed by atoms with E-state index < -0.39 is 0 Å². The van der Waals surface area contributed by atoms with Crippen molar-refractivity contribution in [2.75, 3.05) is 35.8 Å². The first kappa shape index (κ1) is 19.1. The van der Waals surface area contributed by atoms with Crippen molar-refractivity contribution in [3.05, 3.63) is 18.2 Å². The molecule has 1 aromatic carbocycles. The highest BCUT2D eigenvalue weighted by molar-refractivity contribution is 9.09. The first-order valence-electron chi connectivity index (χ1n) is 7.02. The molecule has 0 aliphatic carbocycles. The number of hydrogen-bond donors (Lipinski definition) is 0. The lowest BCUT2D eigenvalue weighted by Gasteiger charge is -2.16. The van der Waals surface area contributed by atoms with Crippen LogP contribution >= 0.6 is 47.8 Å². The molecule has 0 aromatic heterocycles. The number of alkyl halides is 3. The maximum atomic E-state index is 5.87. The summed E-state index contributed by atoms with van der Waals surface area (Å²) >= 11 is 10.2. The second kappa shape index (κ2) is 12.6. The van der Waals surface area contributed by atoms with Crippen LogP contribution in [0.5, 0.6) is 17.2 Å². The molecule has 21 heavy (non-hydrogen) atoms. The van der Waals surface area contributed by atoms with E-state index in [-0.39, 0.29) is 0 Å². The van der Waals surface area contributed by atoms with Gasteiger partial charge in [-0.3, -0.25) is 0 Å². The zero-order valence-electron chi connectivity index (χ0n) is 12.0. The Labute approximate surface area is 152 Å². The molecule has 0 unspecified atom stereocenters. The Balaban J connectivity index is 2.75. The van der Waals surface area contributed by atoms with Gasteiger partial charge in [0.1, 0.15) is 0 Å². The van der Waals surface area contributed by atoms with Gasteiger partial charge in [0.15, 0.2) is 11.5 Å².